The van der Waals surface area contributed by atoms with Gasteiger partial charge in [0.25, 0.3) is 5.91 Å². The second kappa shape index (κ2) is 9.48. The number of hydrogen-bond donors (Lipinski definition) is 2. The molecule has 2 heterocycles. The van der Waals surface area contributed by atoms with Crippen molar-refractivity contribution in [1.29, 1.82) is 0 Å². The summed E-state index contributed by atoms with van der Waals surface area (Å²) >= 11 is 2.89. The topological polar surface area (TPSA) is 102 Å². The summed E-state index contributed by atoms with van der Waals surface area (Å²) in [6.07, 6.45) is 0.736. The van der Waals surface area contributed by atoms with E-state index in [1.54, 1.807) is 49.1 Å². The fraction of sp³-hybridized carbons (Fsp3) is 0.250. The van der Waals surface area contributed by atoms with Crippen LogP contribution in [0.5, 0.6) is 0 Å². The fourth-order valence-electron chi connectivity index (χ4n) is 3.13. The molecule has 4 rings (SSSR count). The number of aromatic nitrogens is 4. The van der Waals surface area contributed by atoms with Crippen LogP contribution >= 0.6 is 23.5 Å². The molecule has 2 N–H and O–H groups in total. The normalized spacial score (nSPS) is 15.2. The van der Waals surface area contributed by atoms with Gasteiger partial charge in [-0.3, -0.25) is 9.59 Å². The van der Waals surface area contributed by atoms with Crippen LogP contribution in [0.1, 0.15) is 28.4 Å². The predicted molar refractivity (Wildman–Crippen MR) is 117 cm³/mol. The summed E-state index contributed by atoms with van der Waals surface area (Å²) in [7, 11) is 1.70. The van der Waals surface area contributed by atoms with Crippen molar-refractivity contribution in [2.24, 2.45) is 7.05 Å². The minimum Gasteiger partial charge on any atom is -0.345 e. The summed E-state index contributed by atoms with van der Waals surface area (Å²) in [5.74, 6) is 0.261. The lowest BCUT2D eigenvalue weighted by atomic mass is 10.0. The number of rotatable bonds is 6. The van der Waals surface area contributed by atoms with Crippen LogP contribution in [0.3, 0.4) is 0 Å². The smallest absolute Gasteiger partial charge is 0.251 e. The Hall–Kier alpha value is -2.92. The quantitative estimate of drug-likeness (QED) is 0.548. The summed E-state index contributed by atoms with van der Waals surface area (Å²) in [6, 6.07) is 11.1. The molecular weight excluding hydrogens is 439 g/mol. The van der Waals surface area contributed by atoms with Gasteiger partial charge < -0.3 is 10.6 Å². The monoisotopic (exact) mass is 458 g/mol. The summed E-state index contributed by atoms with van der Waals surface area (Å²) in [5, 5.41) is 17.4. The minimum absolute atomic E-state index is 0.159. The van der Waals surface area contributed by atoms with Crippen LogP contribution in [0.25, 0.3) is 0 Å². The van der Waals surface area contributed by atoms with E-state index in [2.05, 4.69) is 26.2 Å². The van der Waals surface area contributed by atoms with Gasteiger partial charge in [-0.25, -0.2) is 9.07 Å². The minimum atomic E-state index is -0.311. The maximum absolute atomic E-state index is 13.7. The molecule has 1 aliphatic rings. The number of anilines is 1. The first-order chi connectivity index (χ1) is 15.0. The largest absolute Gasteiger partial charge is 0.345 e. The molecule has 0 aliphatic carbocycles. The van der Waals surface area contributed by atoms with Crippen LogP contribution in [0.15, 0.2) is 52.5 Å². The summed E-state index contributed by atoms with van der Waals surface area (Å²) in [4.78, 5) is 25.8. The molecule has 0 saturated carbocycles. The molecule has 1 aromatic heterocycles. The summed E-state index contributed by atoms with van der Waals surface area (Å²) < 4.78 is 15.2. The van der Waals surface area contributed by atoms with Crippen molar-refractivity contribution in [3.05, 3.63) is 59.4 Å². The van der Waals surface area contributed by atoms with E-state index < -0.39 is 0 Å². The Morgan fingerprint density at radius 1 is 1.26 bits per heavy atom. The number of thioether (sulfide) groups is 2. The lowest BCUT2D eigenvalue weighted by Crippen LogP contribution is -2.30. The SMILES string of the molecule is Cn1nnnc1SCC(=O)Nc1ccc(C(=O)N[C@H]2CCSc3ccc(F)cc32)cc1. The lowest BCUT2D eigenvalue weighted by molar-refractivity contribution is -0.113. The van der Waals surface area contributed by atoms with Crippen LogP contribution in [0.2, 0.25) is 0 Å². The van der Waals surface area contributed by atoms with Gasteiger partial charge in [-0.2, -0.15) is 0 Å². The number of carbonyl (C=O) groups excluding carboxylic acids is 2. The molecule has 160 valence electrons. The highest BCUT2D eigenvalue weighted by molar-refractivity contribution is 7.99. The second-order valence-electron chi connectivity index (χ2n) is 6.84. The molecular formula is C20H19FN6O2S2. The van der Waals surface area contributed by atoms with E-state index in [1.807, 2.05) is 0 Å². The maximum Gasteiger partial charge on any atom is 0.251 e. The fourth-order valence-corrected chi connectivity index (χ4v) is 4.89. The summed E-state index contributed by atoms with van der Waals surface area (Å²) in [6.45, 7) is 0. The molecule has 8 nitrogen and oxygen atoms in total. The third-order valence-electron chi connectivity index (χ3n) is 4.66. The van der Waals surface area contributed by atoms with Gasteiger partial charge in [-0.1, -0.05) is 11.8 Å². The van der Waals surface area contributed by atoms with Crippen LogP contribution in [0.4, 0.5) is 10.1 Å². The number of aryl methyl sites for hydroxylation is 1. The Balaban J connectivity index is 1.34. The lowest BCUT2D eigenvalue weighted by Gasteiger charge is -2.26. The molecule has 0 unspecified atom stereocenters. The van der Waals surface area contributed by atoms with Gasteiger partial charge in [0, 0.05) is 28.9 Å². The number of nitrogens with zero attached hydrogens (tertiary/aromatic N) is 4. The van der Waals surface area contributed by atoms with Gasteiger partial charge >= 0.3 is 0 Å². The number of halogens is 1. The molecule has 0 saturated heterocycles. The van der Waals surface area contributed by atoms with Crippen molar-refractivity contribution in [3.8, 4) is 0 Å². The van der Waals surface area contributed by atoms with Crippen LogP contribution in [0, 0.1) is 5.82 Å². The van der Waals surface area contributed by atoms with E-state index in [0.29, 0.717) is 16.4 Å². The third kappa shape index (κ3) is 5.23. The van der Waals surface area contributed by atoms with Gasteiger partial charge in [0.05, 0.1) is 11.8 Å². The van der Waals surface area contributed by atoms with Crippen LogP contribution in [-0.4, -0.2) is 43.5 Å². The number of amides is 2. The van der Waals surface area contributed by atoms with E-state index in [1.165, 1.54) is 28.6 Å². The maximum atomic E-state index is 13.7. The van der Waals surface area contributed by atoms with E-state index in [9.17, 15) is 14.0 Å². The molecule has 0 spiro atoms. The molecule has 0 bridgehead atoms. The third-order valence-corrected chi connectivity index (χ3v) is 6.79. The molecule has 1 atom stereocenters. The molecule has 2 aromatic carbocycles. The Kier molecular flexibility index (Phi) is 6.52. The Morgan fingerprint density at radius 2 is 2.06 bits per heavy atom. The van der Waals surface area contributed by atoms with Crippen LogP contribution in [-0.2, 0) is 11.8 Å². The van der Waals surface area contributed by atoms with Crippen LogP contribution < -0.4 is 10.6 Å². The molecule has 1 aliphatic heterocycles. The van der Waals surface area contributed by atoms with E-state index in [4.69, 9.17) is 0 Å². The zero-order valence-corrected chi connectivity index (χ0v) is 18.2. The highest BCUT2D eigenvalue weighted by Crippen LogP contribution is 2.36. The Bertz CT molecular complexity index is 1110. The highest BCUT2D eigenvalue weighted by Gasteiger charge is 2.23. The van der Waals surface area contributed by atoms with Crippen molar-refractivity contribution in [3.63, 3.8) is 0 Å². The molecule has 2 amide bonds. The number of hydrogen-bond acceptors (Lipinski definition) is 7. The molecule has 0 radical (unpaired) electrons. The van der Waals surface area contributed by atoms with Crippen molar-refractivity contribution in [2.45, 2.75) is 22.5 Å². The number of fused-ring (bicyclic) bond motifs is 1. The van der Waals surface area contributed by atoms with Gasteiger partial charge in [0.1, 0.15) is 5.82 Å². The molecule has 3 aromatic rings. The zero-order valence-electron chi connectivity index (χ0n) is 16.5. The second-order valence-corrected chi connectivity index (χ2v) is 8.92. The molecule has 0 fully saturated rings. The average Bonchev–Trinajstić information content (AvgIpc) is 3.18. The van der Waals surface area contributed by atoms with Gasteiger partial charge in [0.15, 0.2) is 0 Å². The first kappa shape index (κ1) is 21.3. The first-order valence-electron chi connectivity index (χ1n) is 9.48. The number of nitrogens with one attached hydrogen (secondary N) is 2. The van der Waals surface area contributed by atoms with Gasteiger partial charge in [-0.05, 0) is 64.9 Å². The van der Waals surface area contributed by atoms with Crippen molar-refractivity contribution < 1.29 is 14.0 Å². The van der Waals surface area contributed by atoms with E-state index >= 15 is 0 Å². The van der Waals surface area contributed by atoms with Gasteiger partial charge in [-0.15, -0.1) is 16.9 Å². The van der Waals surface area contributed by atoms with Crippen molar-refractivity contribution in [2.75, 3.05) is 16.8 Å². The standard InChI is InChI=1S/C20H19FN6O2S2/c1-27-20(24-25-26-27)31-11-18(28)22-14-5-2-12(3-6-14)19(29)23-16-8-9-30-17-7-4-13(21)10-15(16)17/h2-7,10,16H,8-9,11H2,1H3,(H,22,28)(H,23,29)/t16-/m0/s1. The zero-order chi connectivity index (χ0) is 21.8. The predicted octanol–water partition coefficient (Wildman–Crippen LogP) is 3.05. The first-order valence-corrected chi connectivity index (χ1v) is 11.4. The highest BCUT2D eigenvalue weighted by atomic mass is 32.2. The Morgan fingerprint density at radius 3 is 2.81 bits per heavy atom. The van der Waals surface area contributed by atoms with E-state index in [-0.39, 0.29) is 29.4 Å². The van der Waals surface area contributed by atoms with Gasteiger partial charge in [0.2, 0.25) is 11.1 Å². The number of carbonyl (C=O) groups is 2. The number of benzene rings is 2. The molecule has 31 heavy (non-hydrogen) atoms. The van der Waals surface area contributed by atoms with Crippen molar-refractivity contribution >= 4 is 41.0 Å². The molecule has 11 heteroatoms. The Labute approximate surface area is 186 Å². The van der Waals surface area contributed by atoms with Crippen molar-refractivity contribution in [1.82, 2.24) is 25.5 Å². The number of tetrazole rings is 1. The summed E-state index contributed by atoms with van der Waals surface area (Å²) in [5.41, 5.74) is 1.86. The van der Waals surface area contributed by atoms with E-state index in [0.717, 1.165) is 22.6 Å². The average molecular weight is 459 g/mol.